The first-order valence-corrected chi connectivity index (χ1v) is 8.20. The van der Waals surface area contributed by atoms with Crippen molar-refractivity contribution < 1.29 is 26.4 Å². The van der Waals surface area contributed by atoms with Crippen LogP contribution in [-0.2, 0) is 26.8 Å². The minimum atomic E-state index is -4.02. The van der Waals surface area contributed by atoms with Gasteiger partial charge in [0.25, 0.3) is 0 Å². The van der Waals surface area contributed by atoms with Gasteiger partial charge in [-0.15, -0.1) is 0 Å². The van der Waals surface area contributed by atoms with Crippen molar-refractivity contribution >= 4 is 21.4 Å². The summed E-state index contributed by atoms with van der Waals surface area (Å²) in [6.45, 7) is 0. The van der Waals surface area contributed by atoms with E-state index in [2.05, 4.69) is 5.32 Å². The second-order valence-corrected chi connectivity index (χ2v) is 7.15. The van der Waals surface area contributed by atoms with Crippen LogP contribution in [0.3, 0.4) is 0 Å². The first kappa shape index (κ1) is 15.5. The van der Waals surface area contributed by atoms with Crippen LogP contribution in [-0.4, -0.2) is 14.3 Å². The van der Waals surface area contributed by atoms with E-state index in [4.69, 9.17) is 0 Å². The Kier molecular flexibility index (Phi) is 3.63. The van der Waals surface area contributed by atoms with Gasteiger partial charge in [0.2, 0.25) is 5.91 Å². The Balaban J connectivity index is 1.97. The van der Waals surface area contributed by atoms with E-state index in [1.807, 2.05) is 0 Å². The van der Waals surface area contributed by atoms with Crippen molar-refractivity contribution in [1.82, 2.24) is 0 Å². The Labute approximate surface area is 129 Å². The Bertz CT molecular complexity index is 926. The highest BCUT2D eigenvalue weighted by Crippen LogP contribution is 2.28. The Hall–Kier alpha value is -2.35. The lowest BCUT2D eigenvalue weighted by Gasteiger charge is -2.08. The maximum absolute atomic E-state index is 13.6. The highest BCUT2D eigenvalue weighted by atomic mass is 32.2. The molecule has 0 aliphatic carbocycles. The SMILES string of the molecule is O=C1Cc2cc(S(=O)(=O)Cc3cc(F)cc(F)c3F)ccc2N1. The summed E-state index contributed by atoms with van der Waals surface area (Å²) in [5, 5.41) is 2.56. The molecule has 0 atom stereocenters. The third-order valence-corrected chi connectivity index (χ3v) is 5.14. The summed E-state index contributed by atoms with van der Waals surface area (Å²) in [7, 11) is -4.02. The van der Waals surface area contributed by atoms with Crippen molar-refractivity contribution in [2.24, 2.45) is 0 Å². The second-order valence-electron chi connectivity index (χ2n) is 5.16. The number of hydrogen-bond acceptors (Lipinski definition) is 3. The van der Waals surface area contributed by atoms with Gasteiger partial charge in [0.1, 0.15) is 5.82 Å². The summed E-state index contributed by atoms with van der Waals surface area (Å²) in [5.41, 5.74) is 0.427. The van der Waals surface area contributed by atoms with Crippen LogP contribution in [0.15, 0.2) is 35.2 Å². The number of benzene rings is 2. The molecule has 8 heteroatoms. The van der Waals surface area contributed by atoms with Gasteiger partial charge in [-0.3, -0.25) is 4.79 Å². The molecular formula is C15H10F3NO3S. The fourth-order valence-corrected chi connectivity index (χ4v) is 3.78. The van der Waals surface area contributed by atoms with Crippen LogP contribution in [0.5, 0.6) is 0 Å². The molecule has 0 aromatic heterocycles. The molecule has 1 N–H and O–H groups in total. The van der Waals surface area contributed by atoms with E-state index >= 15 is 0 Å². The van der Waals surface area contributed by atoms with E-state index in [0.29, 0.717) is 23.4 Å². The van der Waals surface area contributed by atoms with Crippen molar-refractivity contribution in [3.05, 3.63) is 58.9 Å². The molecule has 0 saturated heterocycles. The lowest BCUT2D eigenvalue weighted by molar-refractivity contribution is -0.115. The van der Waals surface area contributed by atoms with E-state index in [1.165, 1.54) is 18.2 Å². The van der Waals surface area contributed by atoms with Crippen LogP contribution < -0.4 is 5.32 Å². The number of amides is 1. The van der Waals surface area contributed by atoms with Gasteiger partial charge in [0.05, 0.1) is 17.1 Å². The van der Waals surface area contributed by atoms with Crippen LogP contribution in [0, 0.1) is 17.5 Å². The Morgan fingerprint density at radius 1 is 1.09 bits per heavy atom. The zero-order valence-corrected chi connectivity index (χ0v) is 12.4. The van der Waals surface area contributed by atoms with Crippen molar-refractivity contribution in [1.29, 1.82) is 0 Å². The summed E-state index contributed by atoms with van der Waals surface area (Å²) in [5.74, 6) is -5.04. The zero-order chi connectivity index (χ0) is 16.8. The molecule has 0 bridgehead atoms. The van der Waals surface area contributed by atoms with Gasteiger partial charge in [-0.05, 0) is 29.8 Å². The normalized spacial score (nSPS) is 13.8. The predicted octanol–water partition coefficient (Wildman–Crippen LogP) is 2.57. The van der Waals surface area contributed by atoms with E-state index in [-0.39, 0.29) is 17.2 Å². The molecule has 1 heterocycles. The molecule has 2 aromatic rings. The van der Waals surface area contributed by atoms with Gasteiger partial charge in [-0.2, -0.15) is 0 Å². The maximum atomic E-state index is 13.6. The summed E-state index contributed by atoms with van der Waals surface area (Å²) >= 11 is 0. The number of rotatable bonds is 3. The van der Waals surface area contributed by atoms with Crippen LogP contribution in [0.4, 0.5) is 18.9 Å². The summed E-state index contributed by atoms with van der Waals surface area (Å²) in [6, 6.07) is 4.98. The third kappa shape index (κ3) is 2.94. The molecule has 0 radical (unpaired) electrons. The molecule has 23 heavy (non-hydrogen) atoms. The highest BCUT2D eigenvalue weighted by Gasteiger charge is 2.24. The molecule has 0 unspecified atom stereocenters. The Morgan fingerprint density at radius 2 is 1.83 bits per heavy atom. The van der Waals surface area contributed by atoms with Crippen molar-refractivity contribution in [2.75, 3.05) is 5.32 Å². The number of halogens is 3. The van der Waals surface area contributed by atoms with Gasteiger partial charge in [0.15, 0.2) is 21.5 Å². The highest BCUT2D eigenvalue weighted by molar-refractivity contribution is 7.90. The molecule has 4 nitrogen and oxygen atoms in total. The maximum Gasteiger partial charge on any atom is 0.228 e. The van der Waals surface area contributed by atoms with Gasteiger partial charge in [-0.1, -0.05) is 0 Å². The predicted molar refractivity (Wildman–Crippen MR) is 76.0 cm³/mol. The summed E-state index contributed by atoms with van der Waals surface area (Å²) in [6.07, 6.45) is 0.0433. The van der Waals surface area contributed by atoms with Gasteiger partial charge >= 0.3 is 0 Å². The number of anilines is 1. The monoisotopic (exact) mass is 341 g/mol. The van der Waals surface area contributed by atoms with E-state index in [0.717, 1.165) is 0 Å². The number of carbonyl (C=O) groups excluding carboxylic acids is 1. The van der Waals surface area contributed by atoms with E-state index < -0.39 is 38.6 Å². The molecule has 0 fully saturated rings. The molecule has 1 aliphatic heterocycles. The van der Waals surface area contributed by atoms with Crippen LogP contribution in [0.1, 0.15) is 11.1 Å². The topological polar surface area (TPSA) is 63.2 Å². The van der Waals surface area contributed by atoms with Crippen LogP contribution in [0.25, 0.3) is 0 Å². The quantitative estimate of drug-likeness (QED) is 0.873. The lowest BCUT2D eigenvalue weighted by Crippen LogP contribution is -2.08. The minimum Gasteiger partial charge on any atom is -0.326 e. The van der Waals surface area contributed by atoms with Crippen molar-refractivity contribution in [2.45, 2.75) is 17.1 Å². The molecule has 1 amide bonds. The summed E-state index contributed by atoms with van der Waals surface area (Å²) in [4.78, 5) is 11.1. The zero-order valence-electron chi connectivity index (χ0n) is 11.6. The third-order valence-electron chi connectivity index (χ3n) is 3.47. The second kappa shape index (κ2) is 5.38. The van der Waals surface area contributed by atoms with Crippen LogP contribution in [0.2, 0.25) is 0 Å². The fourth-order valence-electron chi connectivity index (χ4n) is 2.40. The van der Waals surface area contributed by atoms with Crippen LogP contribution >= 0.6 is 0 Å². The average Bonchev–Trinajstić information content (AvgIpc) is 2.83. The van der Waals surface area contributed by atoms with Gasteiger partial charge in [0, 0.05) is 17.3 Å². The van der Waals surface area contributed by atoms with Crippen molar-refractivity contribution in [3.8, 4) is 0 Å². The molecule has 120 valence electrons. The molecule has 0 spiro atoms. The number of carbonyl (C=O) groups is 1. The van der Waals surface area contributed by atoms with E-state index in [1.54, 1.807) is 0 Å². The number of sulfone groups is 1. The lowest BCUT2D eigenvalue weighted by atomic mass is 10.2. The first-order valence-electron chi connectivity index (χ1n) is 6.55. The summed E-state index contributed by atoms with van der Waals surface area (Å²) < 4.78 is 64.7. The first-order chi connectivity index (χ1) is 10.8. The van der Waals surface area contributed by atoms with Crippen molar-refractivity contribution in [3.63, 3.8) is 0 Å². The average molecular weight is 341 g/mol. The Morgan fingerprint density at radius 3 is 2.57 bits per heavy atom. The number of nitrogens with one attached hydrogen (secondary N) is 1. The van der Waals surface area contributed by atoms with E-state index in [9.17, 15) is 26.4 Å². The number of hydrogen-bond donors (Lipinski definition) is 1. The minimum absolute atomic E-state index is 0.0433. The van der Waals surface area contributed by atoms with Gasteiger partial charge in [-0.25, -0.2) is 21.6 Å². The molecule has 3 rings (SSSR count). The van der Waals surface area contributed by atoms with Gasteiger partial charge < -0.3 is 5.32 Å². The smallest absolute Gasteiger partial charge is 0.228 e. The molecule has 2 aromatic carbocycles. The largest absolute Gasteiger partial charge is 0.326 e. The molecule has 0 saturated carbocycles. The molecular weight excluding hydrogens is 331 g/mol. The standard InChI is InChI=1S/C15H10F3NO3S/c16-10-3-9(15(18)12(17)6-10)7-23(21,22)11-1-2-13-8(4-11)5-14(20)19-13/h1-4,6H,5,7H2,(H,19,20). The fraction of sp³-hybridized carbons (Fsp3) is 0.133. The molecule has 1 aliphatic rings. The number of fused-ring (bicyclic) bond motifs is 1.